The summed E-state index contributed by atoms with van der Waals surface area (Å²) in [5.41, 5.74) is 0.241. The van der Waals surface area contributed by atoms with E-state index in [4.69, 9.17) is 0 Å². The summed E-state index contributed by atoms with van der Waals surface area (Å²) in [5, 5.41) is 11.5. The van der Waals surface area contributed by atoms with Crippen molar-refractivity contribution in [3.63, 3.8) is 0 Å². The number of rotatable bonds is 1. The minimum atomic E-state index is -0.464. The molecule has 0 saturated heterocycles. The zero-order valence-corrected chi connectivity index (χ0v) is 8.62. The molecule has 1 rings (SSSR count). The second-order valence-corrected chi connectivity index (χ2v) is 4.18. The molecule has 1 aromatic rings. The first-order chi connectivity index (χ1) is 6.39. The molecule has 0 unspecified atom stereocenters. The van der Waals surface area contributed by atoms with Gasteiger partial charge in [0.2, 0.25) is 0 Å². The number of hydrogen-bond donors (Lipinski definition) is 0. The number of nitrogens with zero attached hydrogens (tertiary/aromatic N) is 1. The summed E-state index contributed by atoms with van der Waals surface area (Å²) < 4.78 is 13.4. The van der Waals surface area contributed by atoms with Crippen LogP contribution >= 0.6 is 0 Å². The smallest absolute Gasteiger partial charge is 0.182 e. The molecule has 1 aromatic carbocycles. The van der Waals surface area contributed by atoms with Crippen LogP contribution in [0.1, 0.15) is 26.3 Å². The summed E-state index contributed by atoms with van der Waals surface area (Å²) in [5.74, 6) is -0.296. The van der Waals surface area contributed by atoms with Gasteiger partial charge in [0.15, 0.2) is 11.8 Å². The molecule has 0 aliphatic rings. The molecule has 0 aromatic heterocycles. The SMILES string of the molecule is CC(C)(C)/[N+]([O-])=C\c1ccc(F)cc1. The molecule has 0 fully saturated rings. The lowest BCUT2D eigenvalue weighted by atomic mass is 10.1. The van der Waals surface area contributed by atoms with E-state index in [1.807, 2.05) is 20.8 Å². The molecular weight excluding hydrogens is 181 g/mol. The standard InChI is InChI=1S/C11H14FNO/c1-11(2,3)13(14)8-9-4-6-10(12)7-5-9/h4-8H,1-3H3/b13-8+. The van der Waals surface area contributed by atoms with E-state index in [0.29, 0.717) is 5.56 Å². The zero-order chi connectivity index (χ0) is 10.8. The van der Waals surface area contributed by atoms with Crippen LogP contribution in [0.25, 0.3) is 0 Å². The Morgan fingerprint density at radius 1 is 1.21 bits per heavy atom. The normalized spacial score (nSPS) is 13.0. The van der Waals surface area contributed by atoms with E-state index < -0.39 is 5.54 Å². The number of hydrogen-bond acceptors (Lipinski definition) is 1. The van der Waals surface area contributed by atoms with Crippen LogP contribution in [0.4, 0.5) is 4.39 Å². The first-order valence-electron chi connectivity index (χ1n) is 4.46. The van der Waals surface area contributed by atoms with Gasteiger partial charge in [-0.25, -0.2) is 9.13 Å². The van der Waals surface area contributed by atoms with Crippen molar-refractivity contribution in [1.82, 2.24) is 0 Å². The van der Waals surface area contributed by atoms with Gasteiger partial charge in [-0.1, -0.05) is 0 Å². The monoisotopic (exact) mass is 195 g/mol. The summed E-state index contributed by atoms with van der Waals surface area (Å²) in [6.07, 6.45) is 1.46. The fourth-order valence-electron chi connectivity index (χ4n) is 0.878. The molecule has 0 aliphatic carbocycles. The lowest BCUT2D eigenvalue weighted by Gasteiger charge is -2.18. The van der Waals surface area contributed by atoms with Crippen molar-refractivity contribution in [3.8, 4) is 0 Å². The first-order valence-corrected chi connectivity index (χ1v) is 4.46. The van der Waals surface area contributed by atoms with Crippen LogP contribution in [-0.4, -0.2) is 16.5 Å². The highest BCUT2D eigenvalue weighted by Crippen LogP contribution is 2.06. The van der Waals surface area contributed by atoms with Gasteiger partial charge in [-0.05, 0) is 24.3 Å². The molecule has 0 atom stereocenters. The van der Waals surface area contributed by atoms with Crippen molar-refractivity contribution in [1.29, 1.82) is 0 Å². The van der Waals surface area contributed by atoms with Crippen molar-refractivity contribution in [2.24, 2.45) is 0 Å². The van der Waals surface area contributed by atoms with Gasteiger partial charge in [0, 0.05) is 26.3 Å². The average Bonchev–Trinajstić information content (AvgIpc) is 2.07. The van der Waals surface area contributed by atoms with E-state index in [2.05, 4.69) is 0 Å². The molecule has 3 heteroatoms. The van der Waals surface area contributed by atoms with Crippen LogP contribution in [0.2, 0.25) is 0 Å². The highest BCUT2D eigenvalue weighted by atomic mass is 19.1. The van der Waals surface area contributed by atoms with Gasteiger partial charge in [0.25, 0.3) is 0 Å². The minimum Gasteiger partial charge on any atom is -0.623 e. The van der Waals surface area contributed by atoms with Gasteiger partial charge in [0.1, 0.15) is 5.82 Å². The molecular formula is C11H14FNO. The number of halogens is 1. The van der Waals surface area contributed by atoms with Crippen molar-refractivity contribution >= 4 is 6.21 Å². The fourth-order valence-corrected chi connectivity index (χ4v) is 0.878. The van der Waals surface area contributed by atoms with Crippen molar-refractivity contribution in [2.45, 2.75) is 26.3 Å². The summed E-state index contributed by atoms with van der Waals surface area (Å²) in [7, 11) is 0. The number of hydroxylamine groups is 1. The molecule has 0 saturated carbocycles. The largest absolute Gasteiger partial charge is 0.623 e. The Balaban J connectivity index is 2.93. The zero-order valence-electron chi connectivity index (χ0n) is 8.62. The van der Waals surface area contributed by atoms with Crippen molar-refractivity contribution in [3.05, 3.63) is 40.9 Å². The Hall–Kier alpha value is -1.38. The van der Waals surface area contributed by atoms with E-state index in [9.17, 15) is 9.60 Å². The molecule has 0 N–H and O–H groups in total. The Kier molecular flexibility index (Phi) is 2.89. The van der Waals surface area contributed by atoms with Crippen LogP contribution in [0.15, 0.2) is 24.3 Å². The van der Waals surface area contributed by atoms with Crippen LogP contribution in [0, 0.1) is 11.0 Å². The Morgan fingerprint density at radius 2 is 1.71 bits per heavy atom. The summed E-state index contributed by atoms with van der Waals surface area (Å²) in [6.45, 7) is 5.46. The third-order valence-corrected chi connectivity index (χ3v) is 1.80. The van der Waals surface area contributed by atoms with E-state index in [0.717, 1.165) is 4.74 Å². The molecule has 0 aliphatic heterocycles. The van der Waals surface area contributed by atoms with Gasteiger partial charge >= 0.3 is 0 Å². The first kappa shape index (κ1) is 10.7. The topological polar surface area (TPSA) is 26.1 Å². The van der Waals surface area contributed by atoms with E-state index in [-0.39, 0.29) is 5.82 Å². The Bertz CT molecular complexity index is 335. The molecule has 0 radical (unpaired) electrons. The molecule has 14 heavy (non-hydrogen) atoms. The molecule has 76 valence electrons. The lowest BCUT2D eigenvalue weighted by Crippen LogP contribution is -2.29. The Morgan fingerprint density at radius 3 is 2.14 bits per heavy atom. The minimum absolute atomic E-state index is 0.296. The van der Waals surface area contributed by atoms with Gasteiger partial charge < -0.3 is 5.21 Å². The maximum absolute atomic E-state index is 12.6. The van der Waals surface area contributed by atoms with Gasteiger partial charge in [-0.15, -0.1) is 0 Å². The molecule has 0 amide bonds. The van der Waals surface area contributed by atoms with E-state index in [1.54, 1.807) is 12.1 Å². The van der Waals surface area contributed by atoms with E-state index in [1.165, 1.54) is 18.3 Å². The molecule has 0 bridgehead atoms. The van der Waals surface area contributed by atoms with Gasteiger partial charge in [-0.3, -0.25) is 0 Å². The average molecular weight is 195 g/mol. The lowest BCUT2D eigenvalue weighted by molar-refractivity contribution is -0.530. The highest BCUT2D eigenvalue weighted by molar-refractivity contribution is 5.75. The predicted molar refractivity (Wildman–Crippen MR) is 54.9 cm³/mol. The quantitative estimate of drug-likeness (QED) is 0.293. The Labute approximate surface area is 83.3 Å². The second kappa shape index (κ2) is 3.78. The molecule has 0 heterocycles. The summed E-state index contributed by atoms with van der Waals surface area (Å²) in [4.78, 5) is 0. The number of benzene rings is 1. The summed E-state index contributed by atoms with van der Waals surface area (Å²) >= 11 is 0. The van der Waals surface area contributed by atoms with Crippen molar-refractivity contribution in [2.75, 3.05) is 0 Å². The van der Waals surface area contributed by atoms with Gasteiger partial charge in [0.05, 0.1) is 0 Å². The third kappa shape index (κ3) is 2.83. The van der Waals surface area contributed by atoms with Crippen molar-refractivity contribution < 1.29 is 9.13 Å². The highest BCUT2D eigenvalue weighted by Gasteiger charge is 2.17. The summed E-state index contributed by atoms with van der Waals surface area (Å²) in [6, 6.07) is 5.82. The van der Waals surface area contributed by atoms with Crippen LogP contribution < -0.4 is 0 Å². The predicted octanol–water partition coefficient (Wildman–Crippen LogP) is 2.55. The van der Waals surface area contributed by atoms with E-state index >= 15 is 0 Å². The van der Waals surface area contributed by atoms with Gasteiger partial charge in [-0.2, -0.15) is 0 Å². The maximum atomic E-state index is 12.6. The molecule has 2 nitrogen and oxygen atoms in total. The van der Waals surface area contributed by atoms with Crippen LogP contribution in [0.5, 0.6) is 0 Å². The fraction of sp³-hybridized carbons (Fsp3) is 0.364. The third-order valence-electron chi connectivity index (χ3n) is 1.80. The van der Waals surface area contributed by atoms with Crippen LogP contribution in [-0.2, 0) is 0 Å². The maximum Gasteiger partial charge on any atom is 0.182 e. The van der Waals surface area contributed by atoms with Crippen LogP contribution in [0.3, 0.4) is 0 Å². The second-order valence-electron chi connectivity index (χ2n) is 4.18. The molecule has 0 spiro atoms.